The molecule has 0 N–H and O–H groups in total. The summed E-state index contributed by atoms with van der Waals surface area (Å²) in [5.74, 6) is 1.84. The van der Waals surface area contributed by atoms with Crippen LogP contribution in [0.4, 0.5) is 0 Å². The molecular formula is C49H31N3O. The topological polar surface area (TPSA) is 51.8 Å². The van der Waals surface area contributed by atoms with Crippen molar-refractivity contribution in [2.75, 3.05) is 0 Å². The zero-order valence-corrected chi connectivity index (χ0v) is 28.6. The first-order chi connectivity index (χ1) is 26.2. The largest absolute Gasteiger partial charge is 0.456 e. The van der Waals surface area contributed by atoms with Crippen molar-refractivity contribution in [1.82, 2.24) is 15.0 Å². The number of aromatic nitrogens is 3. The minimum atomic E-state index is 0.593. The highest BCUT2D eigenvalue weighted by molar-refractivity contribution is 6.13. The Labute approximate surface area is 306 Å². The molecule has 0 aliphatic rings. The summed E-state index contributed by atoms with van der Waals surface area (Å²) in [5.41, 5.74) is 11.4. The third-order valence-corrected chi connectivity index (χ3v) is 9.93. The van der Waals surface area contributed by atoms with Gasteiger partial charge in [-0.2, -0.15) is 0 Å². The molecule has 2 aromatic heterocycles. The molecule has 248 valence electrons. The fourth-order valence-electron chi connectivity index (χ4n) is 7.24. The Morgan fingerprint density at radius 3 is 1.58 bits per heavy atom. The second kappa shape index (κ2) is 12.9. The fourth-order valence-corrected chi connectivity index (χ4v) is 7.24. The van der Waals surface area contributed by atoms with Gasteiger partial charge in [-0.25, -0.2) is 15.0 Å². The second-order valence-electron chi connectivity index (χ2n) is 13.3. The highest BCUT2D eigenvalue weighted by Gasteiger charge is 2.17. The van der Waals surface area contributed by atoms with Crippen LogP contribution < -0.4 is 0 Å². The molecule has 8 aromatic carbocycles. The van der Waals surface area contributed by atoms with Crippen molar-refractivity contribution in [3.8, 4) is 67.5 Å². The van der Waals surface area contributed by atoms with E-state index in [1.807, 2.05) is 42.5 Å². The normalized spacial score (nSPS) is 11.4. The number of nitrogens with zero attached hydrogens (tertiary/aromatic N) is 3. The molecule has 0 radical (unpaired) electrons. The minimum absolute atomic E-state index is 0.593. The Kier molecular flexibility index (Phi) is 7.43. The SMILES string of the molecule is c1ccc(-c2ccc(-c3cccc(-c4cccc5oc6cc(-c7nc(-c8ccccc8)nc(-c8ccc9ccccc9c8)n7)ccc6c45)c3)cc2)cc1. The summed E-state index contributed by atoms with van der Waals surface area (Å²) in [7, 11) is 0. The molecule has 0 spiro atoms. The Balaban J connectivity index is 1.05. The van der Waals surface area contributed by atoms with E-state index in [1.54, 1.807) is 0 Å². The molecule has 0 atom stereocenters. The molecule has 10 rings (SSSR count). The van der Waals surface area contributed by atoms with Crippen LogP contribution in [0.2, 0.25) is 0 Å². The lowest BCUT2D eigenvalue weighted by molar-refractivity contribution is 0.669. The predicted molar refractivity (Wildman–Crippen MR) is 217 cm³/mol. The average Bonchev–Trinajstić information content (AvgIpc) is 3.62. The lowest BCUT2D eigenvalue weighted by Crippen LogP contribution is -2.00. The van der Waals surface area contributed by atoms with Crippen molar-refractivity contribution in [2.45, 2.75) is 0 Å². The van der Waals surface area contributed by atoms with Crippen LogP contribution in [0.1, 0.15) is 0 Å². The number of benzene rings is 8. The van der Waals surface area contributed by atoms with E-state index < -0.39 is 0 Å². The van der Waals surface area contributed by atoms with Crippen LogP contribution in [0, 0.1) is 0 Å². The standard InChI is InChI=1S/C49H31N3O/c1-3-11-32(12-4-1)34-21-23-35(24-22-34)38-17-9-18-39(29-38)42-19-10-20-44-46(42)43-28-27-41(31-45(43)53-44)49-51-47(36-14-5-2-6-15-36)50-48(52-49)40-26-25-33-13-7-8-16-37(33)30-40/h1-31H. The molecule has 4 nitrogen and oxygen atoms in total. The average molecular weight is 678 g/mol. The van der Waals surface area contributed by atoms with Crippen LogP contribution in [0.25, 0.3) is 100 Å². The van der Waals surface area contributed by atoms with Gasteiger partial charge in [-0.3, -0.25) is 0 Å². The van der Waals surface area contributed by atoms with Gasteiger partial charge in [0.25, 0.3) is 0 Å². The van der Waals surface area contributed by atoms with Crippen LogP contribution in [0.3, 0.4) is 0 Å². The summed E-state index contributed by atoms with van der Waals surface area (Å²) in [6, 6.07) is 65.3. The molecule has 53 heavy (non-hydrogen) atoms. The lowest BCUT2D eigenvalue weighted by Gasteiger charge is -2.09. The Bertz CT molecular complexity index is 2930. The van der Waals surface area contributed by atoms with Crippen molar-refractivity contribution in [1.29, 1.82) is 0 Å². The molecule has 0 aliphatic carbocycles. The van der Waals surface area contributed by atoms with Gasteiger partial charge in [-0.05, 0) is 74.5 Å². The number of hydrogen-bond donors (Lipinski definition) is 0. The van der Waals surface area contributed by atoms with Gasteiger partial charge in [0.15, 0.2) is 17.5 Å². The van der Waals surface area contributed by atoms with E-state index in [4.69, 9.17) is 19.4 Å². The highest BCUT2D eigenvalue weighted by atomic mass is 16.3. The van der Waals surface area contributed by atoms with E-state index in [0.717, 1.165) is 55.1 Å². The fraction of sp³-hybridized carbons (Fsp3) is 0. The van der Waals surface area contributed by atoms with Gasteiger partial charge in [0.2, 0.25) is 0 Å². The number of furan rings is 1. The molecule has 0 aliphatic heterocycles. The molecule has 0 fully saturated rings. The lowest BCUT2D eigenvalue weighted by atomic mass is 9.95. The Morgan fingerprint density at radius 2 is 0.830 bits per heavy atom. The van der Waals surface area contributed by atoms with Gasteiger partial charge >= 0.3 is 0 Å². The molecule has 0 saturated carbocycles. The number of fused-ring (bicyclic) bond motifs is 4. The van der Waals surface area contributed by atoms with Crippen LogP contribution in [0.5, 0.6) is 0 Å². The van der Waals surface area contributed by atoms with Gasteiger partial charge in [0.05, 0.1) is 0 Å². The molecule has 0 saturated heterocycles. The van der Waals surface area contributed by atoms with Crippen LogP contribution >= 0.6 is 0 Å². The second-order valence-corrected chi connectivity index (χ2v) is 13.3. The van der Waals surface area contributed by atoms with Gasteiger partial charge in [-0.1, -0.05) is 158 Å². The first-order valence-electron chi connectivity index (χ1n) is 17.8. The summed E-state index contributed by atoms with van der Waals surface area (Å²) in [6.07, 6.45) is 0. The zero-order valence-electron chi connectivity index (χ0n) is 28.6. The quantitative estimate of drug-likeness (QED) is 0.176. The minimum Gasteiger partial charge on any atom is -0.456 e. The number of hydrogen-bond acceptors (Lipinski definition) is 4. The van der Waals surface area contributed by atoms with E-state index >= 15 is 0 Å². The molecule has 0 unspecified atom stereocenters. The summed E-state index contributed by atoms with van der Waals surface area (Å²) >= 11 is 0. The smallest absolute Gasteiger partial charge is 0.164 e. The van der Waals surface area contributed by atoms with Crippen molar-refractivity contribution in [2.24, 2.45) is 0 Å². The van der Waals surface area contributed by atoms with Crippen molar-refractivity contribution >= 4 is 32.7 Å². The van der Waals surface area contributed by atoms with Gasteiger partial charge in [0, 0.05) is 27.5 Å². The summed E-state index contributed by atoms with van der Waals surface area (Å²) in [6.45, 7) is 0. The summed E-state index contributed by atoms with van der Waals surface area (Å²) in [5, 5.41) is 4.44. The van der Waals surface area contributed by atoms with Gasteiger partial charge < -0.3 is 4.42 Å². The van der Waals surface area contributed by atoms with Gasteiger partial charge in [-0.15, -0.1) is 0 Å². The molecule has 10 aromatic rings. The molecule has 2 heterocycles. The maximum Gasteiger partial charge on any atom is 0.164 e. The van der Waals surface area contributed by atoms with Crippen molar-refractivity contribution in [3.63, 3.8) is 0 Å². The monoisotopic (exact) mass is 677 g/mol. The maximum atomic E-state index is 6.55. The number of rotatable bonds is 6. The summed E-state index contributed by atoms with van der Waals surface area (Å²) < 4.78 is 6.55. The van der Waals surface area contributed by atoms with E-state index in [9.17, 15) is 0 Å². The Morgan fingerprint density at radius 1 is 0.302 bits per heavy atom. The van der Waals surface area contributed by atoms with Crippen LogP contribution in [0.15, 0.2) is 192 Å². The van der Waals surface area contributed by atoms with Crippen LogP contribution in [-0.2, 0) is 0 Å². The van der Waals surface area contributed by atoms with Gasteiger partial charge in [0.1, 0.15) is 11.2 Å². The predicted octanol–water partition coefficient (Wildman–Crippen LogP) is 12.9. The highest BCUT2D eigenvalue weighted by Crippen LogP contribution is 2.39. The molecular weight excluding hydrogens is 647 g/mol. The summed E-state index contributed by atoms with van der Waals surface area (Å²) in [4.78, 5) is 15.0. The molecule has 0 amide bonds. The first kappa shape index (κ1) is 30.6. The van der Waals surface area contributed by atoms with Crippen LogP contribution in [-0.4, -0.2) is 15.0 Å². The van der Waals surface area contributed by atoms with E-state index in [1.165, 1.54) is 27.6 Å². The van der Waals surface area contributed by atoms with E-state index in [0.29, 0.717) is 17.5 Å². The van der Waals surface area contributed by atoms with E-state index in [2.05, 4.69) is 146 Å². The Hall–Kier alpha value is -7.17. The third kappa shape index (κ3) is 5.73. The third-order valence-electron chi connectivity index (χ3n) is 9.93. The zero-order chi connectivity index (χ0) is 35.1. The van der Waals surface area contributed by atoms with Crippen molar-refractivity contribution in [3.05, 3.63) is 188 Å². The van der Waals surface area contributed by atoms with Crippen molar-refractivity contribution < 1.29 is 4.42 Å². The molecule has 4 heteroatoms. The maximum absolute atomic E-state index is 6.55. The first-order valence-corrected chi connectivity index (χ1v) is 17.8. The van der Waals surface area contributed by atoms with E-state index in [-0.39, 0.29) is 0 Å². The molecule has 0 bridgehead atoms.